The number of carbonyl (C=O) groups is 1. The molecule has 2 aliphatic heterocycles. The predicted octanol–water partition coefficient (Wildman–Crippen LogP) is 1.90. The van der Waals surface area contributed by atoms with Crippen molar-refractivity contribution in [3.05, 3.63) is 28.8 Å². The fourth-order valence-electron chi connectivity index (χ4n) is 3.74. The molecule has 1 amide bonds. The summed E-state index contributed by atoms with van der Waals surface area (Å²) >= 11 is 0. The zero-order valence-electron chi connectivity index (χ0n) is 15.9. The normalized spacial score (nSPS) is 22.8. The van der Waals surface area contributed by atoms with Crippen LogP contribution in [0.2, 0.25) is 0 Å². The largest absolute Gasteiger partial charge is 0.337 e. The van der Waals surface area contributed by atoms with E-state index < -0.39 is 10.0 Å². The van der Waals surface area contributed by atoms with Crippen molar-refractivity contribution in [2.24, 2.45) is 11.7 Å². The number of hydrogen-bond donors (Lipinski definition) is 1. The zero-order valence-corrected chi connectivity index (χ0v) is 16.7. The summed E-state index contributed by atoms with van der Waals surface area (Å²) in [6, 6.07) is 3.35. The highest BCUT2D eigenvalue weighted by Gasteiger charge is 2.31. The monoisotopic (exact) mass is 379 g/mol. The van der Waals surface area contributed by atoms with Crippen molar-refractivity contribution in [1.82, 2.24) is 9.21 Å². The third-order valence-electron chi connectivity index (χ3n) is 5.74. The maximum absolute atomic E-state index is 13.2. The molecule has 2 aliphatic rings. The number of aryl methyl sites for hydroxylation is 1. The molecule has 0 bridgehead atoms. The second-order valence-corrected chi connectivity index (χ2v) is 9.71. The third-order valence-corrected chi connectivity index (χ3v) is 7.76. The van der Waals surface area contributed by atoms with Gasteiger partial charge < -0.3 is 10.6 Å². The molecule has 7 heteroatoms. The number of amides is 1. The van der Waals surface area contributed by atoms with Gasteiger partial charge in [0.1, 0.15) is 0 Å². The van der Waals surface area contributed by atoms with Gasteiger partial charge in [-0.25, -0.2) is 8.42 Å². The summed E-state index contributed by atoms with van der Waals surface area (Å²) < 4.78 is 28.0. The second kappa shape index (κ2) is 7.29. The maximum atomic E-state index is 13.2. The van der Waals surface area contributed by atoms with E-state index in [9.17, 15) is 13.2 Å². The molecule has 0 aromatic heterocycles. The van der Waals surface area contributed by atoms with Gasteiger partial charge >= 0.3 is 0 Å². The standard InChI is InChI=1S/C19H29N3O3S/c1-13-4-8-22(9-5-13)26(24,25)18-11-16(10-14(2)15(18)3)19(23)21-7-6-17(20)12-21/h10-11,13,17H,4-9,12,20H2,1-3H3/t17-/m1/s1. The van der Waals surface area contributed by atoms with Gasteiger partial charge in [0.2, 0.25) is 10.0 Å². The lowest BCUT2D eigenvalue weighted by molar-refractivity contribution is 0.0790. The molecule has 0 spiro atoms. The Kier molecular flexibility index (Phi) is 5.42. The van der Waals surface area contributed by atoms with Gasteiger partial charge in [-0.15, -0.1) is 0 Å². The van der Waals surface area contributed by atoms with Crippen LogP contribution in [-0.2, 0) is 10.0 Å². The quantitative estimate of drug-likeness (QED) is 0.869. The highest BCUT2D eigenvalue weighted by molar-refractivity contribution is 7.89. The molecule has 2 N–H and O–H groups in total. The molecule has 2 heterocycles. The number of hydrogen-bond acceptors (Lipinski definition) is 4. The number of nitrogens with two attached hydrogens (primary N) is 1. The van der Waals surface area contributed by atoms with Crippen molar-refractivity contribution in [2.75, 3.05) is 26.2 Å². The summed E-state index contributed by atoms with van der Waals surface area (Å²) in [5, 5.41) is 0. The van der Waals surface area contributed by atoms with Crippen LogP contribution < -0.4 is 5.73 Å². The molecule has 144 valence electrons. The molecule has 1 aromatic rings. The summed E-state index contributed by atoms with van der Waals surface area (Å²) in [4.78, 5) is 14.8. The molecule has 1 atom stereocenters. The van der Waals surface area contributed by atoms with Gasteiger partial charge in [0.05, 0.1) is 4.90 Å². The fraction of sp³-hybridized carbons (Fsp3) is 0.632. The molecule has 0 radical (unpaired) electrons. The Hall–Kier alpha value is -1.44. The van der Waals surface area contributed by atoms with Crippen LogP contribution in [-0.4, -0.2) is 55.8 Å². The highest BCUT2D eigenvalue weighted by atomic mass is 32.2. The number of rotatable bonds is 3. The SMILES string of the molecule is Cc1cc(C(=O)N2CC[C@@H](N)C2)cc(S(=O)(=O)N2CCC(C)CC2)c1C. The van der Waals surface area contributed by atoms with Gasteiger partial charge in [-0.3, -0.25) is 4.79 Å². The Morgan fingerprint density at radius 1 is 1.12 bits per heavy atom. The molecule has 3 rings (SSSR count). The second-order valence-electron chi connectivity index (χ2n) is 7.80. The minimum absolute atomic E-state index is 0.00374. The molecule has 2 saturated heterocycles. The zero-order chi connectivity index (χ0) is 19.1. The van der Waals surface area contributed by atoms with E-state index in [4.69, 9.17) is 5.73 Å². The van der Waals surface area contributed by atoms with Crippen LogP contribution in [0.1, 0.15) is 47.7 Å². The van der Waals surface area contributed by atoms with E-state index in [1.807, 2.05) is 13.8 Å². The van der Waals surface area contributed by atoms with Gasteiger partial charge in [-0.05, 0) is 62.3 Å². The average Bonchev–Trinajstić information content (AvgIpc) is 3.03. The molecule has 26 heavy (non-hydrogen) atoms. The van der Waals surface area contributed by atoms with Gasteiger partial charge in [0.15, 0.2) is 0 Å². The van der Waals surface area contributed by atoms with E-state index in [0.717, 1.165) is 30.4 Å². The lowest BCUT2D eigenvalue weighted by Crippen LogP contribution is -2.38. The van der Waals surface area contributed by atoms with Crippen LogP contribution in [0.25, 0.3) is 0 Å². The summed E-state index contributed by atoms with van der Waals surface area (Å²) in [6.07, 6.45) is 2.54. The van der Waals surface area contributed by atoms with Crippen molar-refractivity contribution < 1.29 is 13.2 Å². The first-order valence-corrected chi connectivity index (χ1v) is 10.8. The molecule has 2 fully saturated rings. The lowest BCUT2D eigenvalue weighted by atomic mass is 10.0. The van der Waals surface area contributed by atoms with E-state index in [1.54, 1.807) is 21.3 Å². The Morgan fingerprint density at radius 3 is 2.35 bits per heavy atom. The fourth-order valence-corrected chi connectivity index (χ4v) is 5.53. The van der Waals surface area contributed by atoms with Crippen molar-refractivity contribution in [2.45, 2.75) is 51.0 Å². The molecular weight excluding hydrogens is 350 g/mol. The van der Waals surface area contributed by atoms with E-state index >= 15 is 0 Å². The van der Waals surface area contributed by atoms with E-state index in [1.165, 1.54) is 0 Å². The Morgan fingerprint density at radius 2 is 1.77 bits per heavy atom. The number of piperidine rings is 1. The van der Waals surface area contributed by atoms with Crippen LogP contribution in [0.4, 0.5) is 0 Å². The molecule has 0 unspecified atom stereocenters. The summed E-state index contributed by atoms with van der Waals surface area (Å²) in [7, 11) is -3.59. The van der Waals surface area contributed by atoms with Crippen LogP contribution in [0.15, 0.2) is 17.0 Å². The van der Waals surface area contributed by atoms with E-state index in [2.05, 4.69) is 6.92 Å². The topological polar surface area (TPSA) is 83.7 Å². The molecule has 0 aliphatic carbocycles. The van der Waals surface area contributed by atoms with Gasteiger partial charge in [0.25, 0.3) is 5.91 Å². The Labute approximate surface area is 156 Å². The van der Waals surface area contributed by atoms with Crippen LogP contribution in [0, 0.1) is 19.8 Å². The minimum Gasteiger partial charge on any atom is -0.337 e. The predicted molar refractivity (Wildman–Crippen MR) is 102 cm³/mol. The van der Waals surface area contributed by atoms with E-state index in [0.29, 0.717) is 37.7 Å². The molecule has 1 aromatic carbocycles. The van der Waals surface area contributed by atoms with Gasteiger partial charge in [0, 0.05) is 37.8 Å². The number of likely N-dealkylation sites (tertiary alicyclic amines) is 1. The van der Waals surface area contributed by atoms with Gasteiger partial charge in [-0.2, -0.15) is 4.31 Å². The first-order chi connectivity index (χ1) is 12.2. The van der Waals surface area contributed by atoms with Crippen molar-refractivity contribution in [3.8, 4) is 0 Å². The van der Waals surface area contributed by atoms with Crippen molar-refractivity contribution in [3.63, 3.8) is 0 Å². The number of carbonyl (C=O) groups excluding carboxylic acids is 1. The first kappa shape index (κ1) is 19.3. The van der Waals surface area contributed by atoms with Crippen LogP contribution >= 0.6 is 0 Å². The molecule has 6 nitrogen and oxygen atoms in total. The van der Waals surface area contributed by atoms with Crippen LogP contribution in [0.5, 0.6) is 0 Å². The minimum atomic E-state index is -3.59. The van der Waals surface area contributed by atoms with Crippen LogP contribution in [0.3, 0.4) is 0 Å². The lowest BCUT2D eigenvalue weighted by Gasteiger charge is -2.30. The summed E-state index contributed by atoms with van der Waals surface area (Å²) in [5.74, 6) is 0.418. The summed E-state index contributed by atoms with van der Waals surface area (Å²) in [5.41, 5.74) is 7.89. The smallest absolute Gasteiger partial charge is 0.253 e. The average molecular weight is 380 g/mol. The Balaban J connectivity index is 1.94. The number of nitrogens with zero attached hydrogens (tertiary/aromatic N) is 2. The van der Waals surface area contributed by atoms with Crippen molar-refractivity contribution in [1.29, 1.82) is 0 Å². The Bertz CT molecular complexity index is 798. The van der Waals surface area contributed by atoms with E-state index in [-0.39, 0.29) is 16.8 Å². The first-order valence-electron chi connectivity index (χ1n) is 9.36. The van der Waals surface area contributed by atoms with Crippen molar-refractivity contribution >= 4 is 15.9 Å². The molecular formula is C19H29N3O3S. The maximum Gasteiger partial charge on any atom is 0.253 e. The van der Waals surface area contributed by atoms with Gasteiger partial charge in [-0.1, -0.05) is 6.92 Å². The third kappa shape index (κ3) is 3.66. The number of benzene rings is 1. The highest BCUT2D eigenvalue weighted by Crippen LogP contribution is 2.28. The number of sulfonamides is 1. The summed E-state index contributed by atoms with van der Waals surface area (Å²) in [6.45, 7) is 8.06. The molecule has 0 saturated carbocycles.